The third-order valence-electron chi connectivity index (χ3n) is 4.68. The number of pyridine rings is 1. The summed E-state index contributed by atoms with van der Waals surface area (Å²) < 4.78 is 1.64. The summed E-state index contributed by atoms with van der Waals surface area (Å²) in [7, 11) is 0. The minimum Gasteiger partial charge on any atom is -0.508 e. The van der Waals surface area contributed by atoms with E-state index < -0.39 is 0 Å². The van der Waals surface area contributed by atoms with Crippen molar-refractivity contribution in [3.63, 3.8) is 0 Å². The molecule has 0 fully saturated rings. The second kappa shape index (κ2) is 8.37. The van der Waals surface area contributed by atoms with E-state index in [4.69, 9.17) is 11.6 Å². The summed E-state index contributed by atoms with van der Waals surface area (Å²) in [5.41, 5.74) is 2.97. The first-order valence-electron chi connectivity index (χ1n) is 9.33. The number of aromatic hydroxyl groups is 1. The molecule has 158 valence electrons. The van der Waals surface area contributed by atoms with Crippen molar-refractivity contribution in [3.8, 4) is 11.6 Å². The van der Waals surface area contributed by atoms with Gasteiger partial charge in [-0.05, 0) is 44.5 Å². The number of nitrogens with one attached hydrogen (secondary N) is 2. The molecule has 0 saturated heterocycles. The van der Waals surface area contributed by atoms with Crippen LogP contribution < -0.4 is 10.6 Å². The first kappa shape index (κ1) is 20.8. The van der Waals surface area contributed by atoms with Gasteiger partial charge in [-0.25, -0.2) is 14.6 Å². The molecule has 3 N–H and O–H groups in total. The zero-order valence-corrected chi connectivity index (χ0v) is 18.5. The molecule has 0 atom stereocenters. The molecule has 0 bridgehead atoms. The number of aromatic nitrogens is 4. The molecule has 4 rings (SSSR count). The molecule has 3 heterocycles. The Bertz CT molecular complexity index is 1270. The van der Waals surface area contributed by atoms with Gasteiger partial charge in [0, 0.05) is 23.5 Å². The highest BCUT2D eigenvalue weighted by molar-refractivity contribution is 7.17. The van der Waals surface area contributed by atoms with E-state index in [9.17, 15) is 9.90 Å². The van der Waals surface area contributed by atoms with Crippen LogP contribution in [0.5, 0.6) is 5.75 Å². The minimum absolute atomic E-state index is 0.133. The van der Waals surface area contributed by atoms with Gasteiger partial charge in [-0.2, -0.15) is 0 Å². The van der Waals surface area contributed by atoms with Gasteiger partial charge in [-0.15, -0.1) is 5.10 Å². The number of hydrogen-bond donors (Lipinski definition) is 3. The first-order valence-corrected chi connectivity index (χ1v) is 10.5. The number of amides is 1. The van der Waals surface area contributed by atoms with Crippen LogP contribution in [0.4, 0.5) is 16.6 Å². The molecule has 0 aliphatic rings. The average Bonchev–Trinajstić information content (AvgIpc) is 3.36. The Labute approximate surface area is 187 Å². The van der Waals surface area contributed by atoms with Gasteiger partial charge in [0.2, 0.25) is 0 Å². The molecule has 31 heavy (non-hydrogen) atoms. The molecule has 0 radical (unpaired) electrons. The van der Waals surface area contributed by atoms with E-state index in [0.29, 0.717) is 37.9 Å². The van der Waals surface area contributed by atoms with E-state index in [1.165, 1.54) is 17.5 Å². The predicted octanol–water partition coefficient (Wildman–Crippen LogP) is 5.00. The van der Waals surface area contributed by atoms with E-state index in [0.717, 1.165) is 11.1 Å². The predicted molar refractivity (Wildman–Crippen MR) is 122 cm³/mol. The monoisotopic (exact) mass is 454 g/mol. The summed E-state index contributed by atoms with van der Waals surface area (Å²) in [5.74, 6) is 1.08. The van der Waals surface area contributed by atoms with Crippen molar-refractivity contribution in [2.75, 3.05) is 10.6 Å². The fourth-order valence-corrected chi connectivity index (χ4v) is 3.77. The molecular formula is C21H19ClN6O2S. The molecule has 0 saturated carbocycles. The fourth-order valence-electron chi connectivity index (χ4n) is 2.95. The largest absolute Gasteiger partial charge is 0.508 e. The standard InChI is InChI=1S/C21H19ClN6O2S/c1-11-4-6-15(29)13(3)18(11)25-20(30)16-9-24-21(31-16)26-19-12(2)10-28(27-19)17-7-5-14(22)8-23-17/h4-10,29H,1-3H3,(H,25,30)(H,24,26,27). The van der Waals surface area contributed by atoms with Crippen LogP contribution in [0.1, 0.15) is 26.4 Å². The van der Waals surface area contributed by atoms with Crippen molar-refractivity contribution >= 4 is 45.5 Å². The second-order valence-electron chi connectivity index (χ2n) is 6.95. The van der Waals surface area contributed by atoms with Gasteiger partial charge in [0.25, 0.3) is 5.91 Å². The van der Waals surface area contributed by atoms with Crippen molar-refractivity contribution < 1.29 is 9.90 Å². The van der Waals surface area contributed by atoms with Gasteiger partial charge in [0.15, 0.2) is 16.8 Å². The Kier molecular flexibility index (Phi) is 5.62. The lowest BCUT2D eigenvalue weighted by Crippen LogP contribution is -2.12. The maximum absolute atomic E-state index is 12.7. The fraction of sp³-hybridized carbons (Fsp3) is 0.143. The van der Waals surface area contributed by atoms with Gasteiger partial charge in [0.1, 0.15) is 10.6 Å². The van der Waals surface area contributed by atoms with Gasteiger partial charge < -0.3 is 15.7 Å². The highest BCUT2D eigenvalue weighted by Gasteiger charge is 2.16. The molecule has 10 heteroatoms. The summed E-state index contributed by atoms with van der Waals surface area (Å²) in [6, 6.07) is 6.88. The summed E-state index contributed by atoms with van der Waals surface area (Å²) in [6.45, 7) is 5.54. The normalized spacial score (nSPS) is 10.8. The summed E-state index contributed by atoms with van der Waals surface area (Å²) in [4.78, 5) is 21.7. The molecule has 1 amide bonds. The van der Waals surface area contributed by atoms with Crippen LogP contribution in [0.15, 0.2) is 42.9 Å². The number of halogens is 1. The quantitative estimate of drug-likeness (QED) is 0.391. The van der Waals surface area contributed by atoms with Gasteiger partial charge in [0.05, 0.1) is 16.9 Å². The number of phenolic OH excluding ortho intramolecular Hbond substituents is 1. The first-order chi connectivity index (χ1) is 14.8. The molecule has 0 aliphatic carbocycles. The number of rotatable bonds is 5. The van der Waals surface area contributed by atoms with Crippen molar-refractivity contribution in [1.29, 1.82) is 0 Å². The van der Waals surface area contributed by atoms with Crippen LogP contribution >= 0.6 is 22.9 Å². The Morgan fingerprint density at radius 2 is 1.90 bits per heavy atom. The summed E-state index contributed by atoms with van der Waals surface area (Å²) >= 11 is 7.10. The number of phenols is 1. The SMILES string of the molecule is Cc1cn(-c2ccc(Cl)cn2)nc1Nc1ncc(C(=O)Nc2c(C)ccc(O)c2C)s1. The Balaban J connectivity index is 1.50. The highest BCUT2D eigenvalue weighted by Crippen LogP contribution is 2.30. The highest BCUT2D eigenvalue weighted by atomic mass is 35.5. The van der Waals surface area contributed by atoms with Crippen molar-refractivity contribution in [2.24, 2.45) is 0 Å². The molecule has 0 unspecified atom stereocenters. The number of aryl methyl sites for hydroxylation is 2. The maximum Gasteiger partial charge on any atom is 0.267 e. The lowest BCUT2D eigenvalue weighted by Gasteiger charge is -2.11. The number of carbonyl (C=O) groups excluding carboxylic acids is 1. The lowest BCUT2D eigenvalue weighted by atomic mass is 10.1. The number of anilines is 3. The zero-order valence-electron chi connectivity index (χ0n) is 17.0. The smallest absolute Gasteiger partial charge is 0.267 e. The minimum atomic E-state index is -0.296. The number of hydrogen-bond acceptors (Lipinski definition) is 7. The number of benzene rings is 1. The summed E-state index contributed by atoms with van der Waals surface area (Å²) in [6.07, 6.45) is 4.90. The number of thiazole rings is 1. The van der Waals surface area contributed by atoms with Crippen LogP contribution in [0, 0.1) is 20.8 Å². The molecular weight excluding hydrogens is 436 g/mol. The lowest BCUT2D eigenvalue weighted by molar-refractivity contribution is 0.103. The molecule has 3 aromatic heterocycles. The van der Waals surface area contributed by atoms with E-state index in [1.54, 1.807) is 42.1 Å². The van der Waals surface area contributed by atoms with Crippen LogP contribution in [0.3, 0.4) is 0 Å². The van der Waals surface area contributed by atoms with Crippen LogP contribution in [-0.4, -0.2) is 30.8 Å². The third kappa shape index (κ3) is 4.37. The maximum atomic E-state index is 12.7. The molecule has 0 aliphatic heterocycles. The Morgan fingerprint density at radius 3 is 2.65 bits per heavy atom. The van der Waals surface area contributed by atoms with Crippen LogP contribution in [0.25, 0.3) is 5.82 Å². The van der Waals surface area contributed by atoms with Gasteiger partial charge in [-0.1, -0.05) is 29.0 Å². The van der Waals surface area contributed by atoms with Crippen LogP contribution in [-0.2, 0) is 0 Å². The Morgan fingerprint density at radius 1 is 1.10 bits per heavy atom. The van der Waals surface area contributed by atoms with Crippen molar-refractivity contribution in [3.05, 3.63) is 69.4 Å². The topological polar surface area (TPSA) is 105 Å². The molecule has 1 aromatic carbocycles. The van der Waals surface area contributed by atoms with Gasteiger partial charge in [-0.3, -0.25) is 4.79 Å². The Hall–Kier alpha value is -3.43. The molecule has 4 aromatic rings. The van der Waals surface area contributed by atoms with Crippen molar-refractivity contribution in [2.45, 2.75) is 20.8 Å². The van der Waals surface area contributed by atoms with E-state index >= 15 is 0 Å². The number of carbonyl (C=O) groups is 1. The summed E-state index contributed by atoms with van der Waals surface area (Å²) in [5, 5.41) is 21.5. The van der Waals surface area contributed by atoms with Crippen molar-refractivity contribution in [1.82, 2.24) is 19.7 Å². The third-order valence-corrected chi connectivity index (χ3v) is 5.82. The molecule has 0 spiro atoms. The van der Waals surface area contributed by atoms with E-state index in [2.05, 4.69) is 25.7 Å². The zero-order chi connectivity index (χ0) is 22.1. The average molecular weight is 455 g/mol. The van der Waals surface area contributed by atoms with Gasteiger partial charge >= 0.3 is 0 Å². The van der Waals surface area contributed by atoms with Crippen LogP contribution in [0.2, 0.25) is 5.02 Å². The number of nitrogens with zero attached hydrogens (tertiary/aromatic N) is 4. The van der Waals surface area contributed by atoms with E-state index in [-0.39, 0.29) is 11.7 Å². The molecule has 8 nitrogen and oxygen atoms in total. The van der Waals surface area contributed by atoms with E-state index in [1.807, 2.05) is 20.0 Å². The second-order valence-corrected chi connectivity index (χ2v) is 8.42.